The van der Waals surface area contributed by atoms with Gasteiger partial charge in [0.1, 0.15) is 0 Å². The van der Waals surface area contributed by atoms with E-state index >= 15 is 0 Å². The molecule has 1 aliphatic heterocycles. The van der Waals surface area contributed by atoms with Crippen LogP contribution >= 0.6 is 15.9 Å². The first kappa shape index (κ1) is 14.3. The van der Waals surface area contributed by atoms with Crippen LogP contribution in [0.5, 0.6) is 0 Å². The van der Waals surface area contributed by atoms with E-state index in [1.54, 1.807) is 0 Å². The number of halogens is 1. The van der Waals surface area contributed by atoms with Crippen LogP contribution in [0.2, 0.25) is 0 Å². The minimum atomic E-state index is 0.0848. The second kappa shape index (κ2) is 6.38. The van der Waals surface area contributed by atoms with Crippen LogP contribution in [0.3, 0.4) is 0 Å². The summed E-state index contributed by atoms with van der Waals surface area (Å²) in [5.74, 6) is 0.373. The fourth-order valence-electron chi connectivity index (χ4n) is 3.26. The Morgan fingerprint density at radius 3 is 2.72 bits per heavy atom. The molecule has 0 N–H and O–H groups in total. The number of hydrogen-bond acceptors (Lipinski definition) is 2. The third-order valence-electron chi connectivity index (χ3n) is 4.42. The smallest absolute Gasteiger partial charge is 0.228 e. The van der Waals surface area contributed by atoms with E-state index in [9.17, 15) is 4.79 Å². The lowest BCUT2D eigenvalue weighted by atomic mass is 9.92. The number of carbonyl (C=O) groups is 1. The highest BCUT2D eigenvalue weighted by atomic mass is 79.9. The van der Waals surface area contributed by atoms with Gasteiger partial charge in [-0.05, 0) is 25.7 Å². The summed E-state index contributed by atoms with van der Waals surface area (Å²) in [6.45, 7) is 2.84. The summed E-state index contributed by atoms with van der Waals surface area (Å²) in [6.07, 6.45) is 6.79. The predicted octanol–water partition coefficient (Wildman–Crippen LogP) is 2.97. The monoisotopic (exact) mass is 317 g/mol. The van der Waals surface area contributed by atoms with E-state index in [-0.39, 0.29) is 17.9 Å². The molecule has 18 heavy (non-hydrogen) atoms. The zero-order valence-corrected chi connectivity index (χ0v) is 13.0. The van der Waals surface area contributed by atoms with Crippen LogP contribution in [0.4, 0.5) is 0 Å². The van der Waals surface area contributed by atoms with Crippen molar-refractivity contribution >= 4 is 21.8 Å². The largest absolute Gasteiger partial charge is 0.377 e. The highest BCUT2D eigenvalue weighted by Crippen LogP contribution is 2.31. The van der Waals surface area contributed by atoms with E-state index in [1.807, 2.05) is 11.9 Å². The molecular formula is C14H24BrNO2. The molecule has 1 heterocycles. The Balaban J connectivity index is 1.99. The zero-order valence-electron chi connectivity index (χ0n) is 11.4. The molecule has 104 valence electrons. The molecule has 0 aromatic heterocycles. The van der Waals surface area contributed by atoms with E-state index in [0.717, 1.165) is 25.9 Å². The van der Waals surface area contributed by atoms with Gasteiger partial charge < -0.3 is 9.64 Å². The molecule has 2 fully saturated rings. The second-order valence-corrected chi connectivity index (χ2v) is 6.71. The molecule has 4 unspecified atom stereocenters. The van der Waals surface area contributed by atoms with Crippen molar-refractivity contribution in [3.8, 4) is 0 Å². The van der Waals surface area contributed by atoms with Crippen molar-refractivity contribution in [2.45, 2.75) is 62.4 Å². The van der Waals surface area contributed by atoms with Gasteiger partial charge in [-0.15, -0.1) is 0 Å². The lowest BCUT2D eigenvalue weighted by Crippen LogP contribution is -2.47. The number of hydrogen-bond donors (Lipinski definition) is 0. The summed E-state index contributed by atoms with van der Waals surface area (Å²) in [4.78, 5) is 15.0. The summed E-state index contributed by atoms with van der Waals surface area (Å²) in [5, 5.41) is 0. The zero-order chi connectivity index (χ0) is 13.1. The van der Waals surface area contributed by atoms with E-state index < -0.39 is 0 Å². The molecule has 1 saturated heterocycles. The van der Waals surface area contributed by atoms with Crippen molar-refractivity contribution in [3.05, 3.63) is 0 Å². The third kappa shape index (κ3) is 2.90. The summed E-state index contributed by atoms with van der Waals surface area (Å²) in [6, 6.07) is 0.365. The van der Waals surface area contributed by atoms with Crippen molar-refractivity contribution in [2.24, 2.45) is 5.92 Å². The minimum absolute atomic E-state index is 0.0848. The predicted molar refractivity (Wildman–Crippen MR) is 75.9 cm³/mol. The molecule has 1 saturated carbocycles. The molecule has 1 amide bonds. The van der Waals surface area contributed by atoms with Crippen LogP contribution in [-0.2, 0) is 9.53 Å². The van der Waals surface area contributed by atoms with Crippen LogP contribution in [0.25, 0.3) is 0 Å². The van der Waals surface area contributed by atoms with Gasteiger partial charge in [-0.3, -0.25) is 4.79 Å². The van der Waals surface area contributed by atoms with Crippen molar-refractivity contribution in [1.29, 1.82) is 0 Å². The molecule has 2 rings (SSSR count). The fraction of sp³-hybridized carbons (Fsp3) is 0.929. The van der Waals surface area contributed by atoms with Crippen LogP contribution < -0.4 is 0 Å². The van der Waals surface area contributed by atoms with E-state index in [4.69, 9.17) is 4.74 Å². The molecule has 0 aromatic carbocycles. The molecule has 2 aliphatic rings. The molecule has 3 nitrogen and oxygen atoms in total. The van der Waals surface area contributed by atoms with Gasteiger partial charge in [-0.25, -0.2) is 0 Å². The van der Waals surface area contributed by atoms with Crippen molar-refractivity contribution in [3.63, 3.8) is 0 Å². The first-order valence-electron chi connectivity index (χ1n) is 7.17. The number of nitrogens with zero attached hydrogens (tertiary/aromatic N) is 1. The topological polar surface area (TPSA) is 29.5 Å². The second-order valence-electron chi connectivity index (χ2n) is 5.53. The van der Waals surface area contributed by atoms with Gasteiger partial charge in [0.15, 0.2) is 0 Å². The lowest BCUT2D eigenvalue weighted by Gasteiger charge is -2.37. The Bertz CT molecular complexity index is 298. The van der Waals surface area contributed by atoms with Crippen LogP contribution in [0.1, 0.15) is 45.4 Å². The summed E-state index contributed by atoms with van der Waals surface area (Å²) in [7, 11) is 1.97. The maximum Gasteiger partial charge on any atom is 0.228 e. The first-order valence-corrected chi connectivity index (χ1v) is 8.09. The van der Waals surface area contributed by atoms with Gasteiger partial charge in [0.05, 0.1) is 12.0 Å². The normalized spacial score (nSPS) is 36.6. The van der Waals surface area contributed by atoms with Gasteiger partial charge in [-0.1, -0.05) is 35.7 Å². The van der Waals surface area contributed by atoms with Crippen molar-refractivity contribution in [1.82, 2.24) is 4.90 Å². The third-order valence-corrected chi connectivity index (χ3v) is 5.49. The highest BCUT2D eigenvalue weighted by molar-refractivity contribution is 9.09. The maximum atomic E-state index is 12.6. The molecule has 0 aromatic rings. The molecule has 0 spiro atoms. The number of ether oxygens (including phenoxy) is 1. The molecule has 4 heteroatoms. The van der Waals surface area contributed by atoms with Crippen molar-refractivity contribution < 1.29 is 9.53 Å². The van der Waals surface area contributed by atoms with Crippen LogP contribution in [0, 0.1) is 5.92 Å². The van der Waals surface area contributed by atoms with Gasteiger partial charge in [0.25, 0.3) is 0 Å². The standard InChI is InChI=1S/C14H24BrNO2/c1-3-13-10(8-9-18-13)14(17)16(2)12-7-5-4-6-11(12)15/h10-13H,3-9H2,1-2H3. The number of alkyl halides is 1. The molecule has 4 atom stereocenters. The Labute approximate surface area is 118 Å². The number of amides is 1. The van der Waals surface area contributed by atoms with E-state index in [1.165, 1.54) is 19.3 Å². The van der Waals surface area contributed by atoms with Crippen LogP contribution in [-0.4, -0.2) is 41.4 Å². The average Bonchev–Trinajstić information content (AvgIpc) is 2.86. The summed E-state index contributed by atoms with van der Waals surface area (Å²) >= 11 is 3.74. The quantitative estimate of drug-likeness (QED) is 0.749. The summed E-state index contributed by atoms with van der Waals surface area (Å²) < 4.78 is 5.64. The SMILES string of the molecule is CCC1OCCC1C(=O)N(C)C1CCCCC1Br. The highest BCUT2D eigenvalue weighted by Gasteiger charge is 2.38. The number of carbonyl (C=O) groups excluding carboxylic acids is 1. The average molecular weight is 318 g/mol. The van der Waals surface area contributed by atoms with E-state index in [0.29, 0.717) is 10.9 Å². The Kier molecular flexibility index (Phi) is 5.07. The fourth-order valence-corrected chi connectivity index (χ4v) is 4.20. The minimum Gasteiger partial charge on any atom is -0.377 e. The molecule has 0 bridgehead atoms. The summed E-state index contributed by atoms with van der Waals surface area (Å²) in [5.41, 5.74) is 0. The van der Waals surface area contributed by atoms with Crippen LogP contribution in [0.15, 0.2) is 0 Å². The van der Waals surface area contributed by atoms with Gasteiger partial charge in [-0.2, -0.15) is 0 Å². The van der Waals surface area contributed by atoms with Gasteiger partial charge in [0.2, 0.25) is 5.91 Å². The lowest BCUT2D eigenvalue weighted by molar-refractivity contribution is -0.138. The molecule has 1 aliphatic carbocycles. The first-order chi connectivity index (χ1) is 8.65. The van der Waals surface area contributed by atoms with Gasteiger partial charge >= 0.3 is 0 Å². The molecule has 0 radical (unpaired) electrons. The Hall–Kier alpha value is -0.0900. The Morgan fingerprint density at radius 1 is 1.33 bits per heavy atom. The van der Waals surface area contributed by atoms with Crippen molar-refractivity contribution in [2.75, 3.05) is 13.7 Å². The number of rotatable bonds is 3. The molecular weight excluding hydrogens is 294 g/mol. The van der Waals surface area contributed by atoms with E-state index in [2.05, 4.69) is 22.9 Å². The van der Waals surface area contributed by atoms with Gasteiger partial charge in [0, 0.05) is 24.5 Å². The Morgan fingerprint density at radius 2 is 2.06 bits per heavy atom. The maximum absolute atomic E-state index is 12.6.